The van der Waals surface area contributed by atoms with Gasteiger partial charge in [0.2, 0.25) is 0 Å². The van der Waals surface area contributed by atoms with Crippen LogP contribution in [0.3, 0.4) is 0 Å². The third kappa shape index (κ3) is 12.4. The summed E-state index contributed by atoms with van der Waals surface area (Å²) in [6, 6.07) is 139. The summed E-state index contributed by atoms with van der Waals surface area (Å²) >= 11 is 0. The lowest BCUT2D eigenvalue weighted by Crippen LogP contribution is -2.74. The number of hydrogen-bond donors (Lipinski definition) is 0. The standard InChI is InChI=1S/C112H92N2O2Si2/c1-71(2)103-69-105(113(85-43-61-97-95-15-11-13-17-107(95)115-109(97)67-85)83-39-31-79(32-40-83)81-35-57-93(58-36-81)117(87-45-19-73(5)20-46-87,88-47-21-74(6)22-48-88)89-49-23-75(7)24-50-89)101-66-64-100-104(72(3)4)70-106(102-65-63-99(103)111(101)112(100)102)114(86-44-62-98-96-16-12-14-18-108(96)116-110(98)68-86)84-41-33-80(34-42-84)82-37-59-94(60-38-82)118(90-51-25-76(8)26-52-90,91-53-27-77(9)28-54-91)92-55-29-78(10)30-56-92/h11-72H,1-10H3. The fraction of sp³-hybridized carbons (Fsp3) is 0.107. The molecule has 20 rings (SSSR count). The topological polar surface area (TPSA) is 32.8 Å². The lowest BCUT2D eigenvalue weighted by atomic mass is 9.84. The maximum Gasteiger partial charge on any atom is 0.179 e. The van der Waals surface area contributed by atoms with Gasteiger partial charge in [0.25, 0.3) is 0 Å². The third-order valence-corrected chi connectivity index (χ3v) is 34.9. The van der Waals surface area contributed by atoms with Crippen LogP contribution >= 0.6 is 0 Å². The first kappa shape index (κ1) is 73.5. The van der Waals surface area contributed by atoms with Gasteiger partial charge in [0.1, 0.15) is 22.3 Å². The van der Waals surface area contributed by atoms with Crippen LogP contribution in [-0.4, -0.2) is 16.1 Å². The Labute approximate surface area is 693 Å². The van der Waals surface area contributed by atoms with Crippen molar-refractivity contribution in [3.63, 3.8) is 0 Å². The van der Waals surface area contributed by atoms with Crippen LogP contribution in [0.4, 0.5) is 34.1 Å². The molecule has 6 heteroatoms. The number of fused-ring (bicyclic) bond motifs is 6. The maximum atomic E-state index is 6.81. The van der Waals surface area contributed by atoms with Crippen LogP contribution < -0.4 is 51.3 Å². The molecule has 0 fully saturated rings. The van der Waals surface area contributed by atoms with Gasteiger partial charge in [-0.15, -0.1) is 0 Å². The van der Waals surface area contributed by atoms with Crippen LogP contribution in [0.15, 0.2) is 373 Å². The Balaban J connectivity index is 0.744. The molecule has 0 unspecified atom stereocenters. The molecule has 0 saturated heterocycles. The highest BCUT2D eigenvalue weighted by Crippen LogP contribution is 2.52. The Morgan fingerprint density at radius 2 is 0.441 bits per heavy atom. The molecule has 4 nitrogen and oxygen atoms in total. The number of nitrogens with zero attached hydrogens (tertiary/aromatic N) is 2. The molecule has 0 amide bonds. The van der Waals surface area contributed by atoms with Crippen molar-refractivity contribution in [3.8, 4) is 22.3 Å². The number of furan rings is 2. The summed E-state index contributed by atoms with van der Waals surface area (Å²) in [4.78, 5) is 4.99. The van der Waals surface area contributed by atoms with Gasteiger partial charge in [0, 0.05) is 67.2 Å². The van der Waals surface area contributed by atoms with E-state index in [0.29, 0.717) is 0 Å². The molecule has 20 aromatic rings. The van der Waals surface area contributed by atoms with Crippen molar-refractivity contribution in [2.45, 2.75) is 81.1 Å². The van der Waals surface area contributed by atoms with E-state index in [1.807, 2.05) is 0 Å². The molecule has 0 aliphatic carbocycles. The van der Waals surface area contributed by atoms with Crippen molar-refractivity contribution in [2.75, 3.05) is 9.80 Å². The average Bonchev–Trinajstić information content (AvgIpc) is 0.710. The van der Waals surface area contributed by atoms with Crippen molar-refractivity contribution < 1.29 is 8.83 Å². The highest BCUT2D eigenvalue weighted by molar-refractivity contribution is 7.20. The molecule has 0 aliphatic rings. The van der Waals surface area contributed by atoms with Gasteiger partial charge < -0.3 is 18.6 Å². The van der Waals surface area contributed by atoms with Crippen LogP contribution in [0.1, 0.15) is 84.0 Å². The first-order valence-corrected chi connectivity index (χ1v) is 45.6. The second kappa shape index (κ2) is 29.4. The smallest absolute Gasteiger partial charge is 0.179 e. The SMILES string of the molecule is Cc1ccc([Si](c2ccc(C)cc2)(c2ccc(C)cc2)c2ccc(-c3ccc(N(c4ccc5c(c4)oc4ccccc45)c4cc(C(C)C)c5ccc6c(N(c7ccc(-c8ccc([Si](c9ccc(C)cc9)(c9ccc(C)cc9)c9ccc(C)cc9)cc8)cc7)c7ccc8c(c7)oc7ccccc78)cc(C(C)C)c7ccc4c5c76)cc3)cc2)cc1. The van der Waals surface area contributed by atoms with Gasteiger partial charge in [-0.05, 0) is 223 Å². The molecule has 0 radical (unpaired) electrons. The fourth-order valence-electron chi connectivity index (χ4n) is 19.1. The summed E-state index contributed by atoms with van der Waals surface area (Å²) in [5, 5.41) is 22.6. The molecule has 0 bridgehead atoms. The quantitative estimate of drug-likeness (QED) is 0.0487. The van der Waals surface area contributed by atoms with Crippen molar-refractivity contribution >= 4 is 168 Å². The van der Waals surface area contributed by atoms with Gasteiger partial charge in [0.15, 0.2) is 16.1 Å². The lowest BCUT2D eigenvalue weighted by Gasteiger charge is -2.35. The molecule has 118 heavy (non-hydrogen) atoms. The monoisotopic (exact) mass is 1550 g/mol. The van der Waals surface area contributed by atoms with E-state index in [0.717, 1.165) is 100 Å². The fourth-order valence-corrected chi connectivity index (χ4v) is 28.5. The number of benzene rings is 18. The molecular formula is C112H92N2O2Si2. The van der Waals surface area contributed by atoms with Gasteiger partial charge in [0.05, 0.1) is 11.4 Å². The number of rotatable bonds is 18. The van der Waals surface area contributed by atoms with Crippen LogP contribution in [0.5, 0.6) is 0 Å². The minimum Gasteiger partial charge on any atom is -0.456 e. The molecule has 0 atom stereocenters. The molecule has 570 valence electrons. The zero-order valence-corrected chi connectivity index (χ0v) is 70.5. The second-order valence-corrected chi connectivity index (χ2v) is 41.1. The van der Waals surface area contributed by atoms with E-state index in [9.17, 15) is 0 Å². The second-order valence-electron chi connectivity index (χ2n) is 33.5. The molecule has 2 heterocycles. The van der Waals surface area contributed by atoms with E-state index in [1.54, 1.807) is 0 Å². The number of hydrogen-bond acceptors (Lipinski definition) is 4. The van der Waals surface area contributed by atoms with Gasteiger partial charge in [-0.2, -0.15) is 0 Å². The summed E-state index contributed by atoms with van der Waals surface area (Å²) in [6.07, 6.45) is 0. The van der Waals surface area contributed by atoms with Crippen LogP contribution in [0, 0.1) is 41.5 Å². The Morgan fingerprint density at radius 1 is 0.212 bits per heavy atom. The van der Waals surface area contributed by atoms with E-state index >= 15 is 0 Å². The predicted molar refractivity (Wildman–Crippen MR) is 509 cm³/mol. The number of para-hydroxylation sites is 2. The Bertz CT molecular complexity index is 6510. The zero-order chi connectivity index (χ0) is 80.2. The van der Waals surface area contributed by atoms with Gasteiger partial charge in [-0.3, -0.25) is 0 Å². The largest absolute Gasteiger partial charge is 0.456 e. The van der Waals surface area contributed by atoms with Gasteiger partial charge in [-0.25, -0.2) is 0 Å². The summed E-state index contributed by atoms with van der Waals surface area (Å²) < 4.78 is 13.6. The molecular weight excluding hydrogens is 1460 g/mol. The molecule has 0 N–H and O–H groups in total. The average molecular weight is 1550 g/mol. The molecule has 0 aliphatic heterocycles. The van der Waals surface area contributed by atoms with Crippen LogP contribution in [0.25, 0.3) is 98.4 Å². The molecule has 2 aromatic heterocycles. The first-order chi connectivity index (χ1) is 57.5. The summed E-state index contributed by atoms with van der Waals surface area (Å²) in [5.74, 6) is 0.339. The number of aryl methyl sites for hydroxylation is 6. The number of anilines is 6. The highest BCUT2D eigenvalue weighted by Gasteiger charge is 2.43. The van der Waals surface area contributed by atoms with Crippen molar-refractivity contribution in [3.05, 3.63) is 408 Å². The summed E-state index contributed by atoms with van der Waals surface area (Å²) in [7, 11) is -5.62. The minimum atomic E-state index is -2.81. The van der Waals surface area contributed by atoms with Crippen molar-refractivity contribution in [1.29, 1.82) is 0 Å². The van der Waals surface area contributed by atoms with Crippen molar-refractivity contribution in [2.24, 2.45) is 0 Å². The Kier molecular flexibility index (Phi) is 18.3. The summed E-state index contributed by atoms with van der Waals surface area (Å²) in [6.45, 7) is 22.5. The normalized spacial score (nSPS) is 12.1. The summed E-state index contributed by atoms with van der Waals surface area (Å²) in [5.41, 5.74) is 24.5. The third-order valence-electron chi connectivity index (χ3n) is 25.3. The molecule has 0 spiro atoms. The zero-order valence-electron chi connectivity index (χ0n) is 68.5. The van der Waals surface area contributed by atoms with E-state index in [-0.39, 0.29) is 11.8 Å². The maximum absolute atomic E-state index is 6.81. The van der Waals surface area contributed by atoms with Crippen LogP contribution in [0.2, 0.25) is 0 Å². The lowest BCUT2D eigenvalue weighted by molar-refractivity contribution is 0.668. The van der Waals surface area contributed by atoms with E-state index in [2.05, 4.69) is 443 Å². The minimum absolute atomic E-state index is 0.170. The first-order valence-electron chi connectivity index (χ1n) is 41.6. The Hall–Kier alpha value is -13.4. The molecule has 18 aromatic carbocycles. The predicted octanol–water partition coefficient (Wildman–Crippen LogP) is 25.5. The van der Waals surface area contributed by atoms with Crippen molar-refractivity contribution in [1.82, 2.24) is 0 Å². The van der Waals surface area contributed by atoms with E-state index in [4.69, 9.17) is 8.83 Å². The molecule has 0 saturated carbocycles. The highest BCUT2D eigenvalue weighted by atomic mass is 28.3. The van der Waals surface area contributed by atoms with Gasteiger partial charge in [-0.1, -0.05) is 340 Å². The van der Waals surface area contributed by atoms with Crippen LogP contribution in [-0.2, 0) is 0 Å². The van der Waals surface area contributed by atoms with Gasteiger partial charge >= 0.3 is 0 Å². The van der Waals surface area contributed by atoms with E-state index in [1.165, 1.54) is 118 Å². The van der Waals surface area contributed by atoms with E-state index < -0.39 is 16.1 Å². The Morgan fingerprint density at radius 3 is 0.720 bits per heavy atom.